The quantitative estimate of drug-likeness (QED) is 0.653. The van der Waals surface area contributed by atoms with Gasteiger partial charge in [0.2, 0.25) is 0 Å². The van der Waals surface area contributed by atoms with Crippen LogP contribution in [0.3, 0.4) is 0 Å². The summed E-state index contributed by atoms with van der Waals surface area (Å²) in [5.74, 6) is -0.782. The van der Waals surface area contributed by atoms with Crippen molar-refractivity contribution in [3.8, 4) is 0 Å². The van der Waals surface area contributed by atoms with Gasteiger partial charge in [-0.05, 0) is 13.8 Å². The highest BCUT2D eigenvalue weighted by atomic mass is 16.8. The van der Waals surface area contributed by atoms with Crippen molar-refractivity contribution in [2.75, 3.05) is 13.7 Å². The van der Waals surface area contributed by atoms with Crippen molar-refractivity contribution in [1.82, 2.24) is 0 Å². The lowest BCUT2D eigenvalue weighted by Gasteiger charge is -2.38. The van der Waals surface area contributed by atoms with E-state index in [1.165, 1.54) is 7.11 Å². The molecule has 0 amide bonds. The normalized spacial score (nSPS) is 46.7. The summed E-state index contributed by atoms with van der Waals surface area (Å²) in [5, 5.41) is 19.2. The Hall–Kier alpha value is -0.240. The van der Waals surface area contributed by atoms with Crippen LogP contribution < -0.4 is 0 Å². The molecule has 5 atom stereocenters. The van der Waals surface area contributed by atoms with Gasteiger partial charge in [-0.15, -0.1) is 0 Å². The molecule has 2 fully saturated rings. The molecule has 0 unspecified atom stereocenters. The zero-order valence-corrected chi connectivity index (χ0v) is 9.62. The molecule has 2 aliphatic heterocycles. The van der Waals surface area contributed by atoms with Crippen molar-refractivity contribution in [2.24, 2.45) is 0 Å². The summed E-state index contributed by atoms with van der Waals surface area (Å²) in [6.45, 7) is 3.32. The van der Waals surface area contributed by atoms with Gasteiger partial charge in [-0.3, -0.25) is 0 Å². The number of aliphatic hydroxyl groups excluding tert-OH is 2. The van der Waals surface area contributed by atoms with Crippen LogP contribution in [-0.4, -0.2) is 60.4 Å². The lowest BCUT2D eigenvalue weighted by atomic mass is 9.99. The van der Waals surface area contributed by atoms with Gasteiger partial charge in [0.05, 0.1) is 6.61 Å². The maximum Gasteiger partial charge on any atom is 0.186 e. The first-order valence-corrected chi connectivity index (χ1v) is 5.31. The van der Waals surface area contributed by atoms with E-state index in [4.69, 9.17) is 18.9 Å². The van der Waals surface area contributed by atoms with Crippen LogP contribution in [0.25, 0.3) is 0 Å². The van der Waals surface area contributed by atoms with Crippen LogP contribution in [0.2, 0.25) is 0 Å². The highest BCUT2D eigenvalue weighted by molar-refractivity contribution is 4.96. The molecular weight excluding hydrogens is 216 g/mol. The van der Waals surface area contributed by atoms with Crippen LogP contribution in [0, 0.1) is 0 Å². The molecular formula is C10H18O6. The van der Waals surface area contributed by atoms with Gasteiger partial charge in [0.15, 0.2) is 12.1 Å². The molecule has 2 N–H and O–H groups in total. The summed E-state index contributed by atoms with van der Waals surface area (Å²) >= 11 is 0. The second-order valence-corrected chi connectivity index (χ2v) is 4.52. The summed E-state index contributed by atoms with van der Waals surface area (Å²) in [7, 11) is 1.43. The molecule has 6 nitrogen and oxygen atoms in total. The fourth-order valence-corrected chi connectivity index (χ4v) is 2.20. The zero-order chi connectivity index (χ0) is 11.9. The predicted octanol–water partition coefficient (Wildman–Crippen LogP) is -0.769. The van der Waals surface area contributed by atoms with E-state index in [1.807, 2.05) is 0 Å². The maximum atomic E-state index is 9.95. The fourth-order valence-electron chi connectivity index (χ4n) is 2.20. The van der Waals surface area contributed by atoms with Crippen LogP contribution in [0.1, 0.15) is 13.8 Å². The number of aliphatic hydroxyl groups is 2. The Bertz CT molecular complexity index is 256. The van der Waals surface area contributed by atoms with Gasteiger partial charge >= 0.3 is 0 Å². The van der Waals surface area contributed by atoms with Gasteiger partial charge in [-0.25, -0.2) is 0 Å². The molecule has 0 bridgehead atoms. The van der Waals surface area contributed by atoms with E-state index in [-0.39, 0.29) is 6.61 Å². The standard InChI is InChI=1S/C10H18O6/c1-10(2)15-7-5(4-11)14-9(13-3)6(12)8(7)16-10/h5-9,11-12H,4H2,1-3H3/t5-,6-,7-,8+,9-/m0/s1. The van der Waals surface area contributed by atoms with Crippen LogP contribution in [0.5, 0.6) is 0 Å². The van der Waals surface area contributed by atoms with E-state index in [1.54, 1.807) is 13.8 Å². The minimum atomic E-state index is -0.917. The molecule has 0 aromatic carbocycles. The third-order valence-electron chi connectivity index (χ3n) is 2.87. The Balaban J connectivity index is 2.18. The number of rotatable bonds is 2. The predicted molar refractivity (Wildman–Crippen MR) is 52.6 cm³/mol. The van der Waals surface area contributed by atoms with Gasteiger partial charge in [0.25, 0.3) is 0 Å². The van der Waals surface area contributed by atoms with Gasteiger partial charge in [0.1, 0.15) is 24.4 Å². The van der Waals surface area contributed by atoms with E-state index >= 15 is 0 Å². The van der Waals surface area contributed by atoms with Crippen molar-refractivity contribution < 1.29 is 29.2 Å². The molecule has 94 valence electrons. The molecule has 2 aliphatic rings. The van der Waals surface area contributed by atoms with E-state index in [9.17, 15) is 10.2 Å². The van der Waals surface area contributed by atoms with E-state index < -0.39 is 36.5 Å². The zero-order valence-electron chi connectivity index (χ0n) is 9.62. The molecule has 0 radical (unpaired) electrons. The first kappa shape index (κ1) is 12.2. The van der Waals surface area contributed by atoms with Gasteiger partial charge < -0.3 is 29.2 Å². The third-order valence-corrected chi connectivity index (χ3v) is 2.87. The monoisotopic (exact) mass is 234 g/mol. The smallest absolute Gasteiger partial charge is 0.186 e. The molecule has 0 spiro atoms. The minimum absolute atomic E-state index is 0.201. The van der Waals surface area contributed by atoms with Crippen LogP contribution in [0.15, 0.2) is 0 Å². The third kappa shape index (κ3) is 1.97. The highest BCUT2D eigenvalue weighted by Crippen LogP contribution is 2.37. The Kier molecular flexibility index (Phi) is 3.22. The Morgan fingerprint density at radius 3 is 2.44 bits per heavy atom. The van der Waals surface area contributed by atoms with Gasteiger partial charge in [-0.1, -0.05) is 0 Å². The van der Waals surface area contributed by atoms with Crippen LogP contribution >= 0.6 is 0 Å². The van der Waals surface area contributed by atoms with Crippen molar-refractivity contribution >= 4 is 0 Å². The van der Waals surface area contributed by atoms with Crippen LogP contribution in [-0.2, 0) is 18.9 Å². The molecule has 0 aliphatic carbocycles. The molecule has 0 aromatic heterocycles. The fraction of sp³-hybridized carbons (Fsp3) is 1.00. The number of hydrogen-bond donors (Lipinski definition) is 2. The molecule has 2 rings (SSSR count). The Morgan fingerprint density at radius 2 is 1.88 bits per heavy atom. The maximum absolute atomic E-state index is 9.95. The Labute approximate surface area is 94.1 Å². The van der Waals surface area contributed by atoms with E-state index in [0.717, 1.165) is 0 Å². The van der Waals surface area contributed by atoms with E-state index in [0.29, 0.717) is 0 Å². The second-order valence-electron chi connectivity index (χ2n) is 4.52. The van der Waals surface area contributed by atoms with Crippen molar-refractivity contribution in [2.45, 2.75) is 50.3 Å². The molecule has 2 saturated heterocycles. The molecule has 16 heavy (non-hydrogen) atoms. The summed E-state index contributed by atoms with van der Waals surface area (Å²) < 4.78 is 21.6. The molecule has 6 heteroatoms. The summed E-state index contributed by atoms with van der Waals surface area (Å²) in [5.41, 5.74) is 0. The number of fused-ring (bicyclic) bond motifs is 1. The first-order valence-electron chi connectivity index (χ1n) is 5.31. The molecule has 0 aromatic rings. The van der Waals surface area contributed by atoms with Crippen molar-refractivity contribution in [3.63, 3.8) is 0 Å². The first-order chi connectivity index (χ1) is 7.48. The van der Waals surface area contributed by atoms with Crippen molar-refractivity contribution in [3.05, 3.63) is 0 Å². The lowest BCUT2D eigenvalue weighted by Crippen LogP contribution is -2.57. The average Bonchev–Trinajstić information content (AvgIpc) is 2.55. The molecule has 0 saturated carbocycles. The SMILES string of the molecule is CO[C@H]1O[C@@H](CO)[C@@H]2OC(C)(C)O[C@@H]2[C@@H]1O. The summed E-state index contributed by atoms with van der Waals surface area (Å²) in [6.07, 6.45) is -3.26. The number of hydrogen-bond acceptors (Lipinski definition) is 6. The van der Waals surface area contributed by atoms with Crippen LogP contribution in [0.4, 0.5) is 0 Å². The molecule has 2 heterocycles. The highest BCUT2D eigenvalue weighted by Gasteiger charge is 2.54. The average molecular weight is 234 g/mol. The summed E-state index contributed by atoms with van der Waals surface area (Å²) in [6, 6.07) is 0. The topological polar surface area (TPSA) is 77.4 Å². The second kappa shape index (κ2) is 4.21. The van der Waals surface area contributed by atoms with Gasteiger partial charge in [-0.2, -0.15) is 0 Å². The van der Waals surface area contributed by atoms with Crippen molar-refractivity contribution in [1.29, 1.82) is 0 Å². The van der Waals surface area contributed by atoms with Gasteiger partial charge in [0, 0.05) is 7.11 Å². The Morgan fingerprint density at radius 1 is 1.25 bits per heavy atom. The van der Waals surface area contributed by atoms with E-state index in [2.05, 4.69) is 0 Å². The lowest BCUT2D eigenvalue weighted by molar-refractivity contribution is -0.274. The summed E-state index contributed by atoms with van der Waals surface area (Å²) in [4.78, 5) is 0. The number of methoxy groups -OCH3 is 1. The largest absolute Gasteiger partial charge is 0.394 e. The number of ether oxygens (including phenoxy) is 4. The minimum Gasteiger partial charge on any atom is -0.394 e.